The number of nitrogens with zero attached hydrogens (tertiary/aromatic N) is 1. The van der Waals surface area contributed by atoms with Gasteiger partial charge in [-0.15, -0.1) is 0 Å². The molecule has 0 radical (unpaired) electrons. The summed E-state index contributed by atoms with van der Waals surface area (Å²) in [6.07, 6.45) is 5.56. The van der Waals surface area contributed by atoms with Crippen LogP contribution in [0.2, 0.25) is 0 Å². The van der Waals surface area contributed by atoms with Crippen molar-refractivity contribution in [1.82, 2.24) is 10.4 Å². The minimum absolute atomic E-state index is 0.212. The molecule has 0 aromatic heterocycles. The highest BCUT2D eigenvalue weighted by Gasteiger charge is 2.42. The lowest BCUT2D eigenvalue weighted by Crippen LogP contribution is -2.49. The van der Waals surface area contributed by atoms with Crippen LogP contribution in [0.3, 0.4) is 0 Å². The van der Waals surface area contributed by atoms with E-state index in [4.69, 9.17) is 9.94 Å². The van der Waals surface area contributed by atoms with E-state index in [-0.39, 0.29) is 6.61 Å². The van der Waals surface area contributed by atoms with Crippen LogP contribution < -0.4 is 5.32 Å². The largest absolute Gasteiger partial charge is 0.507 e. The third-order valence-electron chi connectivity index (χ3n) is 3.23. The summed E-state index contributed by atoms with van der Waals surface area (Å²) >= 11 is 0. The van der Waals surface area contributed by atoms with Crippen LogP contribution in [-0.2, 0) is 19.2 Å². The number of carbonyl (C=O) groups is 3. The molecule has 0 bridgehead atoms. The number of amides is 2. The van der Waals surface area contributed by atoms with Gasteiger partial charge in [-0.2, -0.15) is 0 Å². The van der Waals surface area contributed by atoms with Crippen molar-refractivity contribution < 1.29 is 29.4 Å². The third-order valence-corrected chi connectivity index (χ3v) is 3.23. The van der Waals surface area contributed by atoms with Crippen molar-refractivity contribution >= 4 is 17.8 Å². The first-order valence-electron chi connectivity index (χ1n) is 6.74. The fourth-order valence-electron chi connectivity index (χ4n) is 2.31. The molecule has 1 unspecified atom stereocenters. The first-order valence-corrected chi connectivity index (χ1v) is 6.74. The number of aliphatic carboxylic acids is 1. The zero-order chi connectivity index (χ0) is 16.3. The molecule has 1 aliphatic carbocycles. The number of carboxylic acid groups (broad SMARTS) is 1. The Morgan fingerprint density at radius 2 is 2.23 bits per heavy atom. The molecule has 0 aromatic carbocycles. The highest BCUT2D eigenvalue weighted by molar-refractivity contribution is 6.20. The molecule has 2 amide bonds. The van der Waals surface area contributed by atoms with Gasteiger partial charge in [0.25, 0.3) is 11.8 Å². The van der Waals surface area contributed by atoms with Gasteiger partial charge >= 0.3 is 5.97 Å². The van der Waals surface area contributed by atoms with Gasteiger partial charge in [0.2, 0.25) is 0 Å². The average Bonchev–Trinajstić information content (AvgIpc) is 2.49. The molecule has 22 heavy (non-hydrogen) atoms. The Morgan fingerprint density at radius 3 is 2.86 bits per heavy atom. The lowest BCUT2D eigenvalue weighted by Gasteiger charge is -2.36. The molecule has 118 valence electrons. The molecule has 8 heteroatoms. The number of rotatable bonds is 5. The maximum absolute atomic E-state index is 12.4. The van der Waals surface area contributed by atoms with Crippen molar-refractivity contribution in [2.24, 2.45) is 0 Å². The van der Waals surface area contributed by atoms with Crippen molar-refractivity contribution in [1.29, 1.82) is 0 Å². The molecule has 0 spiro atoms. The van der Waals surface area contributed by atoms with Crippen molar-refractivity contribution in [3.05, 3.63) is 35.1 Å². The molecule has 2 rings (SSSR count). The first-order chi connectivity index (χ1) is 10.5. The molecule has 1 aliphatic heterocycles. The number of allylic oxidation sites excluding steroid dienone is 2. The van der Waals surface area contributed by atoms with Gasteiger partial charge in [0.05, 0.1) is 12.6 Å². The second-order valence-electron chi connectivity index (χ2n) is 4.65. The Hall–Kier alpha value is -2.61. The second-order valence-corrected chi connectivity index (χ2v) is 4.65. The number of hydrogen-bond acceptors (Lipinski definition) is 5. The number of fused-ring (bicyclic) bond motifs is 1. The molecular weight excluding hydrogens is 292 g/mol. The topological polar surface area (TPSA) is 116 Å². The van der Waals surface area contributed by atoms with Crippen molar-refractivity contribution in [3.63, 3.8) is 0 Å². The summed E-state index contributed by atoms with van der Waals surface area (Å²) in [5.74, 6) is -3.45. The summed E-state index contributed by atoms with van der Waals surface area (Å²) < 4.78 is 0. The van der Waals surface area contributed by atoms with Gasteiger partial charge in [-0.3, -0.25) is 19.2 Å². The Morgan fingerprint density at radius 1 is 1.50 bits per heavy atom. The van der Waals surface area contributed by atoms with Crippen molar-refractivity contribution in [2.45, 2.75) is 19.4 Å². The van der Waals surface area contributed by atoms with E-state index < -0.39 is 41.7 Å². The second kappa shape index (κ2) is 6.44. The molecule has 0 saturated heterocycles. The lowest BCUT2D eigenvalue weighted by molar-refractivity contribution is -0.192. The Kier molecular flexibility index (Phi) is 4.62. The smallest absolute Gasteiger partial charge is 0.322 e. The number of aliphatic hydroxyl groups is 1. The first kappa shape index (κ1) is 15.8. The molecule has 1 atom stereocenters. The van der Waals surface area contributed by atoms with Crippen LogP contribution in [0.15, 0.2) is 35.1 Å². The van der Waals surface area contributed by atoms with Crippen LogP contribution in [-0.4, -0.2) is 52.3 Å². The minimum atomic E-state index is -1.25. The van der Waals surface area contributed by atoms with E-state index in [2.05, 4.69) is 5.32 Å². The molecule has 0 aromatic rings. The van der Waals surface area contributed by atoms with E-state index in [1.54, 1.807) is 19.1 Å². The van der Waals surface area contributed by atoms with E-state index in [9.17, 15) is 19.5 Å². The molecule has 8 nitrogen and oxygen atoms in total. The lowest BCUT2D eigenvalue weighted by atomic mass is 9.90. The number of hydroxylamine groups is 2. The van der Waals surface area contributed by atoms with Crippen LogP contribution in [0.25, 0.3) is 0 Å². The maximum atomic E-state index is 12.4. The molecule has 3 N–H and O–H groups in total. The van der Waals surface area contributed by atoms with E-state index in [1.165, 1.54) is 0 Å². The van der Waals surface area contributed by atoms with E-state index in [1.807, 2.05) is 6.08 Å². The number of carbonyl (C=O) groups excluding carboxylic acids is 2. The van der Waals surface area contributed by atoms with Crippen LogP contribution in [0.5, 0.6) is 0 Å². The van der Waals surface area contributed by atoms with Gasteiger partial charge in [0, 0.05) is 5.57 Å². The maximum Gasteiger partial charge on any atom is 0.322 e. The van der Waals surface area contributed by atoms with Crippen LogP contribution >= 0.6 is 0 Å². The summed E-state index contributed by atoms with van der Waals surface area (Å²) in [6.45, 7) is 1.25. The third kappa shape index (κ3) is 2.86. The molecule has 1 heterocycles. The molecular formula is C14H16N2O6. The standard InChI is InChI=1S/C14H16N2O6/c1-2-22-16-9-6-4-3-5-8(9)12(19)11(14(16)21)13(20)15-7-10(17)18/h3-5,9,19H,2,6-7H2,1H3,(H,15,20)(H,17,18). The Labute approximate surface area is 126 Å². The number of nitrogens with one attached hydrogen (secondary N) is 1. The zero-order valence-electron chi connectivity index (χ0n) is 11.9. The van der Waals surface area contributed by atoms with Gasteiger partial charge in [-0.25, -0.2) is 5.06 Å². The van der Waals surface area contributed by atoms with Gasteiger partial charge in [-0.05, 0) is 13.3 Å². The summed E-state index contributed by atoms with van der Waals surface area (Å²) in [5.41, 5.74) is -0.136. The SMILES string of the molecule is CCON1C(=O)C(C(=O)NCC(=O)O)=C(O)C2=CC=CCC21. The van der Waals surface area contributed by atoms with Crippen molar-refractivity contribution in [2.75, 3.05) is 13.2 Å². The Bertz CT molecular complexity index is 604. The normalized spacial score (nSPS) is 20.6. The predicted octanol–water partition coefficient (Wildman–Crippen LogP) is 0.0479. The minimum Gasteiger partial charge on any atom is -0.507 e. The van der Waals surface area contributed by atoms with Gasteiger partial charge in [0.1, 0.15) is 17.9 Å². The van der Waals surface area contributed by atoms with E-state index >= 15 is 0 Å². The summed E-state index contributed by atoms with van der Waals surface area (Å²) in [6, 6.07) is -0.506. The van der Waals surface area contributed by atoms with Crippen LogP contribution in [0.1, 0.15) is 13.3 Å². The van der Waals surface area contributed by atoms with Gasteiger partial charge in [-0.1, -0.05) is 18.2 Å². The number of hydrogen-bond donors (Lipinski definition) is 3. The monoisotopic (exact) mass is 308 g/mol. The molecule has 0 fully saturated rings. The number of carboxylic acids is 1. The summed E-state index contributed by atoms with van der Waals surface area (Å²) in [5, 5.41) is 21.9. The van der Waals surface area contributed by atoms with Crippen LogP contribution in [0.4, 0.5) is 0 Å². The molecule has 2 aliphatic rings. The number of aliphatic hydroxyl groups excluding tert-OH is 1. The summed E-state index contributed by atoms with van der Waals surface area (Å²) in [4.78, 5) is 40.2. The quantitative estimate of drug-likeness (QED) is 0.618. The highest BCUT2D eigenvalue weighted by atomic mass is 16.7. The van der Waals surface area contributed by atoms with Crippen molar-refractivity contribution in [3.8, 4) is 0 Å². The fraction of sp³-hybridized carbons (Fsp3) is 0.357. The van der Waals surface area contributed by atoms with Gasteiger partial charge in [0.15, 0.2) is 0 Å². The Balaban J connectivity index is 2.38. The van der Waals surface area contributed by atoms with Crippen LogP contribution in [0, 0.1) is 0 Å². The zero-order valence-corrected chi connectivity index (χ0v) is 11.9. The fourth-order valence-corrected chi connectivity index (χ4v) is 2.31. The summed E-state index contributed by atoms with van der Waals surface area (Å²) in [7, 11) is 0. The highest BCUT2D eigenvalue weighted by Crippen LogP contribution is 2.32. The molecule has 0 saturated carbocycles. The van der Waals surface area contributed by atoms with Gasteiger partial charge < -0.3 is 15.5 Å². The average molecular weight is 308 g/mol. The van der Waals surface area contributed by atoms with E-state index in [0.717, 1.165) is 5.06 Å². The predicted molar refractivity (Wildman–Crippen MR) is 74.4 cm³/mol. The van der Waals surface area contributed by atoms with E-state index in [0.29, 0.717) is 12.0 Å².